The van der Waals surface area contributed by atoms with Crippen molar-refractivity contribution in [2.45, 2.75) is 71.0 Å². The molecule has 2 atom stereocenters. The largest absolute Gasteiger partial charge is 0.394 e. The zero-order valence-corrected chi connectivity index (χ0v) is 18.3. The summed E-state index contributed by atoms with van der Waals surface area (Å²) in [6, 6.07) is 2.24. The van der Waals surface area contributed by atoms with Gasteiger partial charge in [-0.1, -0.05) is 52.0 Å². The molecule has 0 spiro atoms. The molecule has 1 saturated carbocycles. The summed E-state index contributed by atoms with van der Waals surface area (Å²) < 4.78 is 0. The molecule has 8 heteroatoms. The molecule has 0 unspecified atom stereocenters. The van der Waals surface area contributed by atoms with Gasteiger partial charge in [0.05, 0.1) is 6.61 Å². The van der Waals surface area contributed by atoms with Crippen LogP contribution in [0, 0.1) is 5.92 Å². The molecule has 0 bridgehead atoms. The molecule has 8 nitrogen and oxygen atoms in total. The Morgan fingerprint density at radius 1 is 1.20 bits per heavy atom. The van der Waals surface area contributed by atoms with E-state index in [2.05, 4.69) is 15.6 Å². The fourth-order valence-corrected chi connectivity index (χ4v) is 4.14. The Hall–Kier alpha value is -2.19. The molecule has 168 valence electrons. The summed E-state index contributed by atoms with van der Waals surface area (Å²) >= 11 is 0. The highest BCUT2D eigenvalue weighted by atomic mass is 16.3. The van der Waals surface area contributed by atoms with E-state index in [9.17, 15) is 14.7 Å². The zero-order valence-electron chi connectivity index (χ0n) is 18.3. The monoisotopic (exact) mass is 419 g/mol. The van der Waals surface area contributed by atoms with Crippen LogP contribution in [0.5, 0.6) is 0 Å². The van der Waals surface area contributed by atoms with E-state index in [0.717, 1.165) is 18.4 Å². The van der Waals surface area contributed by atoms with E-state index in [1.54, 1.807) is 12.3 Å². The van der Waals surface area contributed by atoms with E-state index >= 15 is 0 Å². The van der Waals surface area contributed by atoms with Crippen molar-refractivity contribution < 1.29 is 14.7 Å². The predicted octanol–water partition coefficient (Wildman–Crippen LogP) is 1.44. The van der Waals surface area contributed by atoms with Crippen LogP contribution in [0.25, 0.3) is 0 Å². The summed E-state index contributed by atoms with van der Waals surface area (Å²) in [5, 5.41) is 15.6. The van der Waals surface area contributed by atoms with Gasteiger partial charge in [0, 0.05) is 12.7 Å². The van der Waals surface area contributed by atoms with E-state index in [0.29, 0.717) is 37.8 Å². The van der Waals surface area contributed by atoms with Gasteiger partial charge in [0.1, 0.15) is 17.9 Å². The van der Waals surface area contributed by atoms with Gasteiger partial charge >= 0.3 is 0 Å². The maximum absolute atomic E-state index is 13.0. The molecule has 5 N–H and O–H groups in total. The van der Waals surface area contributed by atoms with E-state index in [4.69, 9.17) is 5.73 Å². The minimum atomic E-state index is -0.650. The third-order valence-corrected chi connectivity index (χ3v) is 5.97. The van der Waals surface area contributed by atoms with Gasteiger partial charge in [-0.3, -0.25) is 14.5 Å². The molecule has 0 saturated heterocycles. The van der Waals surface area contributed by atoms with Crippen molar-refractivity contribution in [3.63, 3.8) is 0 Å². The fraction of sp³-hybridized carbons (Fsp3) is 0.682. The number of nitrogens with zero attached hydrogens (tertiary/aromatic N) is 2. The van der Waals surface area contributed by atoms with Gasteiger partial charge < -0.3 is 21.5 Å². The maximum Gasteiger partial charge on any atom is 0.242 e. The third-order valence-electron chi connectivity index (χ3n) is 5.97. The van der Waals surface area contributed by atoms with Gasteiger partial charge in [-0.15, -0.1) is 0 Å². The van der Waals surface area contributed by atoms with E-state index in [-0.39, 0.29) is 18.4 Å². The number of aliphatic hydroxyl groups excluding tert-OH is 1. The van der Waals surface area contributed by atoms with Crippen LogP contribution in [0.4, 0.5) is 5.82 Å². The second kappa shape index (κ2) is 12.5. The molecule has 1 heterocycles. The lowest BCUT2D eigenvalue weighted by Gasteiger charge is -2.30. The van der Waals surface area contributed by atoms with Gasteiger partial charge in [0.2, 0.25) is 11.8 Å². The van der Waals surface area contributed by atoms with Crippen LogP contribution < -0.4 is 16.4 Å². The number of anilines is 1. The van der Waals surface area contributed by atoms with Crippen LogP contribution in [-0.2, 0) is 16.1 Å². The molecular weight excluding hydrogens is 382 g/mol. The quantitative estimate of drug-likeness (QED) is 0.431. The molecule has 0 aromatic carbocycles. The number of hydrogen-bond donors (Lipinski definition) is 4. The molecule has 2 rings (SSSR count). The van der Waals surface area contributed by atoms with Crippen LogP contribution in [0.15, 0.2) is 18.3 Å². The molecule has 1 aliphatic rings. The molecule has 0 radical (unpaired) electrons. The molecule has 0 aliphatic heterocycles. The smallest absolute Gasteiger partial charge is 0.242 e. The van der Waals surface area contributed by atoms with Gasteiger partial charge in [0.25, 0.3) is 0 Å². The highest BCUT2D eigenvalue weighted by Gasteiger charge is 2.30. The fourth-order valence-electron chi connectivity index (χ4n) is 4.14. The first-order valence-electron chi connectivity index (χ1n) is 11.1. The lowest BCUT2D eigenvalue weighted by atomic mass is 9.84. The second-order valence-corrected chi connectivity index (χ2v) is 8.03. The lowest BCUT2D eigenvalue weighted by molar-refractivity contribution is -0.133. The molecular formula is C22H37N5O3. The highest BCUT2D eigenvalue weighted by molar-refractivity contribution is 5.89. The number of carbonyl (C=O) groups is 2. The van der Waals surface area contributed by atoms with Crippen LogP contribution in [0.2, 0.25) is 0 Å². The van der Waals surface area contributed by atoms with Crippen molar-refractivity contribution in [3.05, 3.63) is 23.9 Å². The Morgan fingerprint density at radius 3 is 2.47 bits per heavy atom. The first-order valence-corrected chi connectivity index (χ1v) is 11.1. The number of rotatable bonds is 11. The SMILES string of the molecule is CCN(CC)[C@@H](CO)C(=O)N[C@@H](CC1CCCCC1)C(=O)NCc1ccc(N)nc1. The number of carbonyl (C=O) groups excluding carboxylic acids is 2. The Kier molecular flexibility index (Phi) is 10.0. The summed E-state index contributed by atoms with van der Waals surface area (Å²) in [6.45, 7) is 5.25. The Morgan fingerprint density at radius 2 is 1.90 bits per heavy atom. The van der Waals surface area contributed by atoms with Gasteiger partial charge in [-0.2, -0.15) is 0 Å². The summed E-state index contributed by atoms with van der Waals surface area (Å²) in [6.07, 6.45) is 7.99. The Balaban J connectivity index is 2.05. The van der Waals surface area contributed by atoms with Gasteiger partial charge in [0.15, 0.2) is 0 Å². The van der Waals surface area contributed by atoms with Crippen molar-refractivity contribution in [1.29, 1.82) is 0 Å². The van der Waals surface area contributed by atoms with Crippen molar-refractivity contribution in [3.8, 4) is 0 Å². The highest BCUT2D eigenvalue weighted by Crippen LogP contribution is 2.27. The number of nitrogen functional groups attached to an aromatic ring is 1. The number of pyridine rings is 1. The first-order chi connectivity index (χ1) is 14.5. The molecule has 2 amide bonds. The molecule has 1 fully saturated rings. The topological polar surface area (TPSA) is 121 Å². The summed E-state index contributed by atoms with van der Waals surface area (Å²) in [7, 11) is 0. The minimum Gasteiger partial charge on any atom is -0.394 e. The maximum atomic E-state index is 13.0. The van der Waals surface area contributed by atoms with Crippen LogP contribution in [-0.4, -0.2) is 58.6 Å². The molecule has 1 aromatic heterocycles. The minimum absolute atomic E-state index is 0.206. The zero-order chi connectivity index (χ0) is 21.9. The number of aromatic nitrogens is 1. The summed E-state index contributed by atoms with van der Waals surface area (Å²) in [5.41, 5.74) is 6.45. The second-order valence-electron chi connectivity index (χ2n) is 8.03. The van der Waals surface area contributed by atoms with Crippen LogP contribution in [0.3, 0.4) is 0 Å². The van der Waals surface area contributed by atoms with Crippen molar-refractivity contribution >= 4 is 17.6 Å². The number of amides is 2. The van der Waals surface area contributed by atoms with E-state index < -0.39 is 12.1 Å². The number of aliphatic hydroxyl groups is 1. The van der Waals surface area contributed by atoms with E-state index in [1.165, 1.54) is 19.3 Å². The van der Waals surface area contributed by atoms with Crippen molar-refractivity contribution in [2.75, 3.05) is 25.4 Å². The van der Waals surface area contributed by atoms with Crippen molar-refractivity contribution in [2.24, 2.45) is 5.92 Å². The van der Waals surface area contributed by atoms with Gasteiger partial charge in [-0.05, 0) is 37.1 Å². The first kappa shape index (κ1) is 24.1. The predicted molar refractivity (Wildman–Crippen MR) is 117 cm³/mol. The lowest BCUT2D eigenvalue weighted by Crippen LogP contribution is -2.55. The third kappa shape index (κ3) is 7.25. The number of nitrogens with two attached hydrogens (primary N) is 1. The average molecular weight is 420 g/mol. The van der Waals surface area contributed by atoms with Crippen LogP contribution in [0.1, 0.15) is 57.9 Å². The molecule has 1 aliphatic carbocycles. The number of hydrogen-bond acceptors (Lipinski definition) is 6. The average Bonchev–Trinajstić information content (AvgIpc) is 2.76. The Bertz CT molecular complexity index is 657. The van der Waals surface area contributed by atoms with Crippen molar-refractivity contribution in [1.82, 2.24) is 20.5 Å². The number of nitrogens with one attached hydrogen (secondary N) is 2. The van der Waals surface area contributed by atoms with Crippen LogP contribution >= 0.6 is 0 Å². The Labute approximate surface area is 179 Å². The standard InChI is InChI=1S/C22H37N5O3/c1-3-27(4-2)19(15-28)22(30)26-18(12-16-8-6-5-7-9-16)21(29)25-14-17-10-11-20(23)24-13-17/h10-11,13,16,18-19,28H,3-9,12,14-15H2,1-2H3,(H2,23,24)(H,25,29)(H,26,30)/t18-,19-/m0/s1. The number of likely N-dealkylation sites (N-methyl/N-ethyl adjacent to an activating group) is 1. The van der Waals surface area contributed by atoms with E-state index in [1.807, 2.05) is 24.8 Å². The van der Waals surface area contributed by atoms with Gasteiger partial charge in [-0.25, -0.2) is 4.98 Å². The summed E-state index contributed by atoms with van der Waals surface area (Å²) in [4.78, 5) is 31.8. The molecule has 1 aromatic rings. The molecule has 30 heavy (non-hydrogen) atoms. The summed E-state index contributed by atoms with van der Waals surface area (Å²) in [5.74, 6) is 0.348. The normalized spacial score (nSPS) is 16.8.